The van der Waals surface area contributed by atoms with E-state index >= 15 is 0 Å². The molecule has 0 aromatic rings. The lowest BCUT2D eigenvalue weighted by atomic mass is 9.91. The first kappa shape index (κ1) is 9.75. The monoisotopic (exact) mass is 169 g/mol. The normalized spacial score (nSPS) is 31.6. The summed E-state index contributed by atoms with van der Waals surface area (Å²) in [4.78, 5) is 0. The molecule has 0 fully saturated rings. The Kier molecular flexibility index (Phi) is 2.59. The van der Waals surface area contributed by atoms with Crippen molar-refractivity contribution < 1.29 is 5.11 Å². The topological polar surface area (TPSA) is 32.3 Å². The number of nitrogens with one attached hydrogen (secondary N) is 1. The van der Waals surface area contributed by atoms with Gasteiger partial charge in [0.05, 0.1) is 11.6 Å². The number of hydrogen-bond acceptors (Lipinski definition) is 2. The zero-order valence-electron chi connectivity index (χ0n) is 8.39. The second-order valence-electron chi connectivity index (χ2n) is 4.42. The summed E-state index contributed by atoms with van der Waals surface area (Å²) in [6, 6.07) is 0.577. The fourth-order valence-electron chi connectivity index (χ4n) is 1.66. The predicted octanol–water partition coefficient (Wildman–Crippen LogP) is 1.45. The van der Waals surface area contributed by atoms with Crippen molar-refractivity contribution in [2.45, 2.75) is 51.8 Å². The minimum Gasteiger partial charge on any atom is -0.389 e. The maximum atomic E-state index is 9.77. The molecule has 0 spiro atoms. The lowest BCUT2D eigenvalue weighted by Gasteiger charge is -2.34. The molecule has 2 N–H and O–H groups in total. The Balaban J connectivity index is 2.73. The zero-order chi connectivity index (χ0) is 9.35. The van der Waals surface area contributed by atoms with E-state index in [1.54, 1.807) is 0 Å². The van der Waals surface area contributed by atoms with Gasteiger partial charge in [-0.1, -0.05) is 11.6 Å². The van der Waals surface area contributed by atoms with Crippen LogP contribution in [0.2, 0.25) is 0 Å². The van der Waals surface area contributed by atoms with Crippen molar-refractivity contribution in [2.75, 3.05) is 0 Å². The highest BCUT2D eigenvalue weighted by atomic mass is 16.3. The first-order valence-electron chi connectivity index (χ1n) is 4.55. The highest BCUT2D eigenvalue weighted by Crippen LogP contribution is 2.19. The van der Waals surface area contributed by atoms with Crippen molar-refractivity contribution >= 4 is 0 Å². The Labute approximate surface area is 74.7 Å². The average molecular weight is 169 g/mol. The summed E-state index contributed by atoms with van der Waals surface area (Å²) < 4.78 is 0. The van der Waals surface area contributed by atoms with E-state index in [-0.39, 0.29) is 6.04 Å². The van der Waals surface area contributed by atoms with E-state index in [0.717, 1.165) is 6.42 Å². The molecule has 12 heavy (non-hydrogen) atoms. The van der Waals surface area contributed by atoms with Crippen LogP contribution in [-0.2, 0) is 0 Å². The molecule has 0 aromatic carbocycles. The molecule has 0 radical (unpaired) electrons. The van der Waals surface area contributed by atoms with Crippen LogP contribution >= 0.6 is 0 Å². The molecule has 1 heterocycles. The van der Waals surface area contributed by atoms with Crippen LogP contribution < -0.4 is 5.32 Å². The largest absolute Gasteiger partial charge is 0.389 e. The molecule has 2 nitrogen and oxygen atoms in total. The van der Waals surface area contributed by atoms with E-state index in [1.165, 1.54) is 5.57 Å². The molecule has 0 bridgehead atoms. The highest BCUT2D eigenvalue weighted by molar-refractivity contribution is 5.14. The summed E-state index contributed by atoms with van der Waals surface area (Å²) in [6.45, 7) is 7.95. The molecule has 2 unspecified atom stereocenters. The van der Waals surface area contributed by atoms with Gasteiger partial charge in [0.15, 0.2) is 0 Å². The molecule has 70 valence electrons. The summed E-state index contributed by atoms with van der Waals surface area (Å²) in [7, 11) is 0. The van der Waals surface area contributed by atoms with Gasteiger partial charge in [-0.2, -0.15) is 0 Å². The molecule has 1 rings (SSSR count). The van der Waals surface area contributed by atoms with Crippen LogP contribution in [0.15, 0.2) is 11.6 Å². The molecule has 0 aliphatic carbocycles. The highest BCUT2D eigenvalue weighted by Gasteiger charge is 2.28. The summed E-state index contributed by atoms with van der Waals surface area (Å²) in [6.07, 6.45) is 3.21. The van der Waals surface area contributed by atoms with Gasteiger partial charge in [-0.25, -0.2) is 0 Å². The van der Waals surface area contributed by atoms with Crippen LogP contribution in [0.1, 0.15) is 34.1 Å². The van der Waals surface area contributed by atoms with E-state index in [1.807, 2.05) is 13.8 Å². The smallest absolute Gasteiger partial charge is 0.0779 e. The van der Waals surface area contributed by atoms with Crippen LogP contribution in [-0.4, -0.2) is 22.8 Å². The van der Waals surface area contributed by atoms with Crippen LogP contribution in [0.5, 0.6) is 0 Å². The second kappa shape index (κ2) is 3.19. The summed E-state index contributed by atoms with van der Waals surface area (Å²) in [5.74, 6) is 0. The lowest BCUT2D eigenvalue weighted by molar-refractivity contribution is 0.0483. The Bertz CT molecular complexity index is 191. The number of aliphatic hydroxyl groups is 1. The molecule has 0 saturated carbocycles. The van der Waals surface area contributed by atoms with Gasteiger partial charge in [-0.3, -0.25) is 0 Å². The van der Waals surface area contributed by atoms with E-state index in [0.29, 0.717) is 6.04 Å². The van der Waals surface area contributed by atoms with E-state index in [2.05, 4.69) is 25.2 Å². The minimum absolute atomic E-state index is 0.0984. The Morgan fingerprint density at radius 1 is 1.58 bits per heavy atom. The SMILES string of the molecule is CC1=CC(C(C)(C)O)NC(C)C1. The maximum absolute atomic E-state index is 9.77. The zero-order valence-corrected chi connectivity index (χ0v) is 8.39. The fraction of sp³-hybridized carbons (Fsp3) is 0.800. The van der Waals surface area contributed by atoms with Crippen molar-refractivity contribution in [2.24, 2.45) is 0 Å². The van der Waals surface area contributed by atoms with Crippen molar-refractivity contribution in [3.8, 4) is 0 Å². The maximum Gasteiger partial charge on any atom is 0.0779 e. The Hall–Kier alpha value is -0.340. The van der Waals surface area contributed by atoms with Crippen molar-refractivity contribution in [3.05, 3.63) is 11.6 Å². The fourth-order valence-corrected chi connectivity index (χ4v) is 1.66. The van der Waals surface area contributed by atoms with E-state index in [4.69, 9.17) is 0 Å². The van der Waals surface area contributed by atoms with Crippen molar-refractivity contribution in [1.82, 2.24) is 5.32 Å². The molecule has 2 atom stereocenters. The summed E-state index contributed by atoms with van der Waals surface area (Å²) in [5, 5.41) is 13.1. The van der Waals surface area contributed by atoms with Gasteiger partial charge in [-0.15, -0.1) is 0 Å². The molecular weight excluding hydrogens is 150 g/mol. The third kappa shape index (κ3) is 2.32. The summed E-state index contributed by atoms with van der Waals surface area (Å²) in [5.41, 5.74) is 0.712. The number of hydrogen-bond donors (Lipinski definition) is 2. The molecule has 0 amide bonds. The minimum atomic E-state index is -0.657. The van der Waals surface area contributed by atoms with Crippen molar-refractivity contribution in [1.29, 1.82) is 0 Å². The van der Waals surface area contributed by atoms with Gasteiger partial charge < -0.3 is 10.4 Å². The van der Waals surface area contributed by atoms with Gasteiger partial charge in [0.25, 0.3) is 0 Å². The Morgan fingerprint density at radius 3 is 2.58 bits per heavy atom. The molecule has 0 aromatic heterocycles. The molecular formula is C10H19NO. The van der Waals surface area contributed by atoms with Gasteiger partial charge in [-0.05, 0) is 34.1 Å². The average Bonchev–Trinajstić information content (AvgIpc) is 1.82. The van der Waals surface area contributed by atoms with E-state index < -0.39 is 5.60 Å². The first-order chi connectivity index (χ1) is 5.39. The first-order valence-corrected chi connectivity index (χ1v) is 4.55. The van der Waals surface area contributed by atoms with E-state index in [9.17, 15) is 5.11 Å². The summed E-state index contributed by atoms with van der Waals surface area (Å²) >= 11 is 0. The standard InChI is InChI=1S/C10H19NO/c1-7-5-8(2)11-9(6-7)10(3,4)12/h6,8-9,11-12H,5H2,1-4H3. The predicted molar refractivity (Wildman–Crippen MR) is 51.1 cm³/mol. The van der Waals surface area contributed by atoms with Crippen LogP contribution in [0.3, 0.4) is 0 Å². The molecule has 1 aliphatic rings. The van der Waals surface area contributed by atoms with Gasteiger partial charge >= 0.3 is 0 Å². The van der Waals surface area contributed by atoms with Crippen molar-refractivity contribution in [3.63, 3.8) is 0 Å². The quantitative estimate of drug-likeness (QED) is 0.582. The second-order valence-corrected chi connectivity index (χ2v) is 4.42. The van der Waals surface area contributed by atoms with Crippen LogP contribution in [0.25, 0.3) is 0 Å². The van der Waals surface area contributed by atoms with Gasteiger partial charge in [0.2, 0.25) is 0 Å². The Morgan fingerprint density at radius 2 is 2.17 bits per heavy atom. The lowest BCUT2D eigenvalue weighted by Crippen LogP contribution is -2.51. The number of rotatable bonds is 1. The van der Waals surface area contributed by atoms with Crippen LogP contribution in [0, 0.1) is 0 Å². The van der Waals surface area contributed by atoms with Gasteiger partial charge in [0, 0.05) is 6.04 Å². The van der Waals surface area contributed by atoms with Gasteiger partial charge in [0.1, 0.15) is 0 Å². The third-order valence-electron chi connectivity index (χ3n) is 2.30. The molecule has 1 aliphatic heterocycles. The third-order valence-corrected chi connectivity index (χ3v) is 2.30. The van der Waals surface area contributed by atoms with Crippen LogP contribution in [0.4, 0.5) is 0 Å². The molecule has 2 heteroatoms. The molecule has 0 saturated heterocycles.